The molecule has 1 amide bonds. The first-order chi connectivity index (χ1) is 9.93. The van der Waals surface area contributed by atoms with Gasteiger partial charge in [0.25, 0.3) is 0 Å². The number of nitrogens with two attached hydrogens (primary N) is 1. The van der Waals surface area contributed by atoms with E-state index >= 15 is 0 Å². The normalized spacial score (nSPS) is 31.8. The highest BCUT2D eigenvalue weighted by atomic mass is 16.2. The van der Waals surface area contributed by atoms with Gasteiger partial charge in [-0.05, 0) is 49.9 Å². The highest BCUT2D eigenvalue weighted by molar-refractivity contribution is 5.79. The Morgan fingerprint density at radius 1 is 1.05 bits per heavy atom. The number of nitrogens with zero attached hydrogens (tertiary/aromatic N) is 1. The molecular formula is C18H34N2O. The zero-order valence-corrected chi connectivity index (χ0v) is 14.2. The van der Waals surface area contributed by atoms with Gasteiger partial charge in [0, 0.05) is 25.0 Å². The van der Waals surface area contributed by atoms with Gasteiger partial charge in [-0.15, -0.1) is 0 Å². The summed E-state index contributed by atoms with van der Waals surface area (Å²) in [5.74, 6) is 1.44. The van der Waals surface area contributed by atoms with Crippen LogP contribution in [0.3, 0.4) is 0 Å². The first-order valence-corrected chi connectivity index (χ1v) is 8.94. The molecule has 1 aliphatic carbocycles. The molecule has 1 aliphatic heterocycles. The molecule has 3 nitrogen and oxygen atoms in total. The molecule has 0 spiro atoms. The van der Waals surface area contributed by atoms with Crippen LogP contribution in [-0.2, 0) is 4.79 Å². The van der Waals surface area contributed by atoms with Crippen LogP contribution >= 0.6 is 0 Å². The molecule has 0 bridgehead atoms. The number of carbonyl (C=O) groups excluding carboxylic acids is 1. The Bertz CT molecular complexity index is 340. The number of hydrogen-bond acceptors (Lipinski definition) is 2. The van der Waals surface area contributed by atoms with Crippen LogP contribution in [-0.4, -0.2) is 29.9 Å². The van der Waals surface area contributed by atoms with Gasteiger partial charge in [0.05, 0.1) is 0 Å². The third-order valence-corrected chi connectivity index (χ3v) is 5.73. The molecule has 0 radical (unpaired) electrons. The van der Waals surface area contributed by atoms with Crippen molar-refractivity contribution in [2.24, 2.45) is 23.0 Å². The van der Waals surface area contributed by atoms with Crippen LogP contribution in [0.15, 0.2) is 0 Å². The lowest BCUT2D eigenvalue weighted by molar-refractivity contribution is -0.139. The van der Waals surface area contributed by atoms with E-state index in [9.17, 15) is 4.79 Å². The molecule has 1 heterocycles. The van der Waals surface area contributed by atoms with E-state index in [2.05, 4.69) is 25.7 Å². The SMILES string of the molecule is CC(C)(C)C1CCC(C(=O)N2CCCCCC2CN)CC1. The fraction of sp³-hybridized carbons (Fsp3) is 0.944. The summed E-state index contributed by atoms with van der Waals surface area (Å²) in [6, 6.07) is 0.292. The fourth-order valence-electron chi connectivity index (χ4n) is 4.15. The van der Waals surface area contributed by atoms with Crippen LogP contribution < -0.4 is 5.73 Å². The molecule has 2 fully saturated rings. The molecule has 3 heteroatoms. The molecule has 122 valence electrons. The maximum atomic E-state index is 12.9. The van der Waals surface area contributed by atoms with Crippen molar-refractivity contribution >= 4 is 5.91 Å². The molecule has 2 aliphatic rings. The number of hydrogen-bond donors (Lipinski definition) is 1. The molecule has 1 atom stereocenters. The Morgan fingerprint density at radius 3 is 2.29 bits per heavy atom. The van der Waals surface area contributed by atoms with Crippen molar-refractivity contribution < 1.29 is 4.79 Å². The Balaban J connectivity index is 1.94. The van der Waals surface area contributed by atoms with Gasteiger partial charge < -0.3 is 10.6 Å². The van der Waals surface area contributed by atoms with Gasteiger partial charge in [-0.1, -0.05) is 33.6 Å². The fourth-order valence-corrected chi connectivity index (χ4v) is 4.15. The number of likely N-dealkylation sites (tertiary alicyclic amines) is 1. The summed E-state index contributed by atoms with van der Waals surface area (Å²) in [6.07, 6.45) is 9.30. The van der Waals surface area contributed by atoms with Crippen molar-refractivity contribution in [1.82, 2.24) is 4.90 Å². The van der Waals surface area contributed by atoms with Crippen molar-refractivity contribution in [3.63, 3.8) is 0 Å². The van der Waals surface area contributed by atoms with Gasteiger partial charge in [-0.3, -0.25) is 4.79 Å². The minimum absolute atomic E-state index is 0.260. The number of rotatable bonds is 2. The summed E-state index contributed by atoms with van der Waals surface area (Å²) in [5, 5.41) is 0. The molecular weight excluding hydrogens is 260 g/mol. The van der Waals surface area contributed by atoms with Crippen molar-refractivity contribution in [2.75, 3.05) is 13.1 Å². The van der Waals surface area contributed by atoms with Crippen LogP contribution in [0.25, 0.3) is 0 Å². The largest absolute Gasteiger partial charge is 0.338 e. The van der Waals surface area contributed by atoms with E-state index in [-0.39, 0.29) is 5.92 Å². The summed E-state index contributed by atoms with van der Waals surface area (Å²) >= 11 is 0. The quantitative estimate of drug-likeness (QED) is 0.846. The van der Waals surface area contributed by atoms with Crippen molar-refractivity contribution in [2.45, 2.75) is 78.2 Å². The highest BCUT2D eigenvalue weighted by Gasteiger charge is 2.35. The van der Waals surface area contributed by atoms with Crippen LogP contribution in [0.1, 0.15) is 72.1 Å². The summed E-state index contributed by atoms with van der Waals surface area (Å²) in [6.45, 7) is 8.56. The third kappa shape index (κ3) is 4.21. The Kier molecular flexibility index (Phi) is 5.70. The van der Waals surface area contributed by atoms with E-state index in [4.69, 9.17) is 5.73 Å². The van der Waals surface area contributed by atoms with Crippen LogP contribution in [0.4, 0.5) is 0 Å². The maximum Gasteiger partial charge on any atom is 0.225 e. The zero-order valence-electron chi connectivity index (χ0n) is 14.2. The predicted octanol–water partition coefficient (Wildman–Crippen LogP) is 3.57. The molecule has 0 aromatic heterocycles. The first kappa shape index (κ1) is 16.8. The van der Waals surface area contributed by atoms with E-state index < -0.39 is 0 Å². The van der Waals surface area contributed by atoms with Crippen LogP contribution in [0, 0.1) is 17.3 Å². The van der Waals surface area contributed by atoms with Gasteiger partial charge in [0.2, 0.25) is 5.91 Å². The summed E-state index contributed by atoms with van der Waals surface area (Å²) < 4.78 is 0. The van der Waals surface area contributed by atoms with Crippen LogP contribution in [0.2, 0.25) is 0 Å². The average Bonchev–Trinajstić information content (AvgIpc) is 2.70. The van der Waals surface area contributed by atoms with Gasteiger partial charge in [0.15, 0.2) is 0 Å². The smallest absolute Gasteiger partial charge is 0.225 e. The second-order valence-corrected chi connectivity index (χ2v) is 8.19. The summed E-state index contributed by atoms with van der Waals surface area (Å²) in [5.41, 5.74) is 6.30. The van der Waals surface area contributed by atoms with Crippen LogP contribution in [0.5, 0.6) is 0 Å². The lowest BCUT2D eigenvalue weighted by atomic mass is 9.69. The van der Waals surface area contributed by atoms with E-state index in [0.29, 0.717) is 23.9 Å². The molecule has 0 aromatic rings. The summed E-state index contributed by atoms with van der Waals surface area (Å²) in [4.78, 5) is 15.0. The third-order valence-electron chi connectivity index (χ3n) is 5.73. The monoisotopic (exact) mass is 294 g/mol. The van der Waals surface area contributed by atoms with E-state index in [1.165, 1.54) is 25.7 Å². The molecule has 1 saturated carbocycles. The van der Waals surface area contributed by atoms with Gasteiger partial charge in [0.1, 0.15) is 0 Å². The topological polar surface area (TPSA) is 46.3 Å². The lowest BCUT2D eigenvalue weighted by Crippen LogP contribution is -2.47. The maximum absolute atomic E-state index is 12.9. The molecule has 21 heavy (non-hydrogen) atoms. The number of amides is 1. The van der Waals surface area contributed by atoms with Gasteiger partial charge in [-0.2, -0.15) is 0 Å². The summed E-state index contributed by atoms with van der Waals surface area (Å²) in [7, 11) is 0. The van der Waals surface area contributed by atoms with Gasteiger partial charge in [-0.25, -0.2) is 0 Å². The first-order valence-electron chi connectivity index (χ1n) is 8.94. The Hall–Kier alpha value is -0.570. The predicted molar refractivity (Wildman–Crippen MR) is 87.9 cm³/mol. The molecule has 2 rings (SSSR count). The second kappa shape index (κ2) is 7.13. The van der Waals surface area contributed by atoms with E-state index in [0.717, 1.165) is 38.1 Å². The van der Waals surface area contributed by atoms with Crippen molar-refractivity contribution in [1.29, 1.82) is 0 Å². The van der Waals surface area contributed by atoms with E-state index in [1.54, 1.807) is 0 Å². The Labute approximate surface area is 130 Å². The molecule has 2 N–H and O–H groups in total. The molecule has 1 unspecified atom stereocenters. The standard InChI is InChI=1S/C18H34N2O/c1-18(2,3)15-10-8-14(9-11-15)17(21)20-12-6-4-5-7-16(20)13-19/h14-16H,4-13,19H2,1-3H3. The molecule has 1 saturated heterocycles. The Morgan fingerprint density at radius 2 is 1.71 bits per heavy atom. The minimum Gasteiger partial charge on any atom is -0.338 e. The van der Waals surface area contributed by atoms with E-state index in [1.807, 2.05) is 0 Å². The minimum atomic E-state index is 0.260. The van der Waals surface area contributed by atoms with Gasteiger partial charge >= 0.3 is 0 Å². The molecule has 0 aromatic carbocycles. The van der Waals surface area contributed by atoms with Crippen molar-refractivity contribution in [3.8, 4) is 0 Å². The van der Waals surface area contributed by atoms with Crippen molar-refractivity contribution in [3.05, 3.63) is 0 Å². The average molecular weight is 294 g/mol. The highest BCUT2D eigenvalue weighted by Crippen LogP contribution is 2.40. The second-order valence-electron chi connectivity index (χ2n) is 8.19. The lowest BCUT2D eigenvalue weighted by Gasteiger charge is -2.39. The number of carbonyl (C=O) groups is 1. The zero-order chi connectivity index (χ0) is 15.5.